The molecule has 0 spiro atoms. The zero-order valence-corrected chi connectivity index (χ0v) is 11.9. The van der Waals surface area contributed by atoms with Crippen molar-refractivity contribution in [1.29, 1.82) is 0 Å². The van der Waals surface area contributed by atoms with E-state index in [0.29, 0.717) is 0 Å². The molecule has 1 nitrogen and oxygen atoms in total. The molecule has 0 aliphatic heterocycles. The molecule has 0 aliphatic rings. The summed E-state index contributed by atoms with van der Waals surface area (Å²) in [6.45, 7) is 3.39. The van der Waals surface area contributed by atoms with E-state index in [1.807, 2.05) is 0 Å². The molecule has 2 aromatic heterocycles. The Morgan fingerprint density at radius 1 is 0.941 bits per heavy atom. The van der Waals surface area contributed by atoms with E-state index in [4.69, 9.17) is 0 Å². The standard InChI is InChI=1S/C14H19NS2/c1-2-3-4-5-8-15(13-6-9-16-11-13)14-7-10-17-12-14/h6-7,9-12H,2-5,8H2,1H3. The molecule has 92 valence electrons. The first-order valence-electron chi connectivity index (χ1n) is 6.23. The number of hydrogen-bond donors (Lipinski definition) is 0. The number of anilines is 2. The van der Waals surface area contributed by atoms with E-state index >= 15 is 0 Å². The predicted molar refractivity (Wildman–Crippen MR) is 79.8 cm³/mol. The van der Waals surface area contributed by atoms with Crippen molar-refractivity contribution in [3.05, 3.63) is 33.7 Å². The quantitative estimate of drug-likeness (QED) is 0.595. The Labute approximate surface area is 112 Å². The molecule has 17 heavy (non-hydrogen) atoms. The van der Waals surface area contributed by atoms with Crippen LogP contribution in [0.1, 0.15) is 32.6 Å². The minimum Gasteiger partial charge on any atom is -0.340 e. The second kappa shape index (κ2) is 6.82. The van der Waals surface area contributed by atoms with Crippen molar-refractivity contribution in [2.24, 2.45) is 0 Å². The molecule has 0 N–H and O–H groups in total. The first kappa shape index (κ1) is 12.7. The maximum Gasteiger partial charge on any atom is 0.0519 e. The smallest absolute Gasteiger partial charge is 0.0519 e. The summed E-state index contributed by atoms with van der Waals surface area (Å²) in [5.74, 6) is 0. The molecule has 2 heterocycles. The van der Waals surface area contributed by atoms with E-state index in [-0.39, 0.29) is 0 Å². The molecule has 0 unspecified atom stereocenters. The van der Waals surface area contributed by atoms with Crippen molar-refractivity contribution >= 4 is 34.0 Å². The Bertz CT molecular complexity index is 358. The lowest BCUT2D eigenvalue weighted by Crippen LogP contribution is -2.17. The monoisotopic (exact) mass is 265 g/mol. The Hall–Kier alpha value is -0.800. The van der Waals surface area contributed by atoms with Gasteiger partial charge in [0.15, 0.2) is 0 Å². The van der Waals surface area contributed by atoms with Gasteiger partial charge in [0.25, 0.3) is 0 Å². The maximum absolute atomic E-state index is 2.43. The summed E-state index contributed by atoms with van der Waals surface area (Å²) in [6, 6.07) is 4.42. The van der Waals surface area contributed by atoms with Crippen LogP contribution in [0.25, 0.3) is 0 Å². The van der Waals surface area contributed by atoms with Gasteiger partial charge in [0, 0.05) is 17.3 Å². The number of rotatable bonds is 7. The van der Waals surface area contributed by atoms with Gasteiger partial charge in [-0.2, -0.15) is 22.7 Å². The van der Waals surface area contributed by atoms with Crippen LogP contribution in [-0.2, 0) is 0 Å². The molecular formula is C14H19NS2. The zero-order valence-electron chi connectivity index (χ0n) is 10.3. The minimum absolute atomic E-state index is 1.13. The average molecular weight is 265 g/mol. The highest BCUT2D eigenvalue weighted by atomic mass is 32.1. The van der Waals surface area contributed by atoms with Crippen LogP contribution in [0.3, 0.4) is 0 Å². The first-order valence-corrected chi connectivity index (χ1v) is 8.12. The van der Waals surface area contributed by atoms with Crippen LogP contribution in [0.5, 0.6) is 0 Å². The van der Waals surface area contributed by atoms with Crippen LogP contribution in [0.4, 0.5) is 11.4 Å². The van der Waals surface area contributed by atoms with Crippen molar-refractivity contribution in [2.75, 3.05) is 11.4 Å². The Morgan fingerprint density at radius 2 is 1.59 bits per heavy atom. The summed E-state index contributed by atoms with van der Waals surface area (Å²) in [5, 5.41) is 8.77. The van der Waals surface area contributed by atoms with Gasteiger partial charge in [-0.3, -0.25) is 0 Å². The highest BCUT2D eigenvalue weighted by molar-refractivity contribution is 7.08. The molecule has 0 fully saturated rings. The molecule has 0 aliphatic carbocycles. The van der Waals surface area contributed by atoms with Crippen molar-refractivity contribution in [1.82, 2.24) is 0 Å². The Morgan fingerprint density at radius 3 is 2.06 bits per heavy atom. The molecule has 0 saturated heterocycles. The summed E-state index contributed by atoms with van der Waals surface area (Å²) in [6.07, 6.45) is 5.26. The van der Waals surface area contributed by atoms with Gasteiger partial charge >= 0.3 is 0 Å². The van der Waals surface area contributed by atoms with Gasteiger partial charge in [0.1, 0.15) is 0 Å². The van der Waals surface area contributed by atoms with Crippen LogP contribution in [0, 0.1) is 0 Å². The second-order valence-electron chi connectivity index (χ2n) is 4.18. The normalized spacial score (nSPS) is 10.6. The van der Waals surface area contributed by atoms with Gasteiger partial charge < -0.3 is 4.90 Å². The highest BCUT2D eigenvalue weighted by Crippen LogP contribution is 2.29. The van der Waals surface area contributed by atoms with Gasteiger partial charge in [0.05, 0.1) is 11.4 Å². The van der Waals surface area contributed by atoms with Crippen molar-refractivity contribution in [3.63, 3.8) is 0 Å². The molecule has 2 aromatic rings. The van der Waals surface area contributed by atoms with Crippen LogP contribution in [-0.4, -0.2) is 6.54 Å². The van der Waals surface area contributed by atoms with E-state index in [1.54, 1.807) is 22.7 Å². The SMILES string of the molecule is CCCCCCN(c1ccsc1)c1ccsc1. The number of nitrogens with zero attached hydrogens (tertiary/aromatic N) is 1. The van der Waals surface area contributed by atoms with Crippen LogP contribution in [0.2, 0.25) is 0 Å². The third kappa shape index (κ3) is 3.58. The fourth-order valence-corrected chi connectivity index (χ4v) is 3.21. The lowest BCUT2D eigenvalue weighted by atomic mass is 10.2. The molecule has 0 atom stereocenters. The number of thiophene rings is 2. The summed E-state index contributed by atoms with van der Waals surface area (Å²) >= 11 is 3.54. The maximum atomic E-state index is 2.43. The second-order valence-corrected chi connectivity index (χ2v) is 5.74. The summed E-state index contributed by atoms with van der Waals surface area (Å²) < 4.78 is 0. The third-order valence-electron chi connectivity index (χ3n) is 2.87. The highest BCUT2D eigenvalue weighted by Gasteiger charge is 2.09. The summed E-state index contributed by atoms with van der Waals surface area (Å²) in [7, 11) is 0. The van der Waals surface area contributed by atoms with Gasteiger partial charge in [-0.15, -0.1) is 0 Å². The van der Waals surface area contributed by atoms with Gasteiger partial charge in [0.2, 0.25) is 0 Å². The Balaban J connectivity index is 1.99. The van der Waals surface area contributed by atoms with E-state index < -0.39 is 0 Å². The van der Waals surface area contributed by atoms with Crippen molar-refractivity contribution in [3.8, 4) is 0 Å². The molecule has 2 rings (SSSR count). The van der Waals surface area contributed by atoms with Gasteiger partial charge in [-0.1, -0.05) is 26.2 Å². The largest absolute Gasteiger partial charge is 0.340 e. The topological polar surface area (TPSA) is 3.24 Å². The third-order valence-corrected chi connectivity index (χ3v) is 4.21. The Kier molecular flexibility index (Phi) is 5.08. The van der Waals surface area contributed by atoms with Crippen LogP contribution >= 0.6 is 22.7 Å². The summed E-state index contributed by atoms with van der Waals surface area (Å²) in [4.78, 5) is 2.43. The van der Waals surface area contributed by atoms with Crippen molar-refractivity contribution in [2.45, 2.75) is 32.6 Å². The van der Waals surface area contributed by atoms with Gasteiger partial charge in [-0.25, -0.2) is 0 Å². The number of hydrogen-bond acceptors (Lipinski definition) is 3. The molecule has 0 bridgehead atoms. The molecule has 0 radical (unpaired) electrons. The molecule has 0 amide bonds. The van der Waals surface area contributed by atoms with E-state index in [1.165, 1.54) is 37.1 Å². The van der Waals surface area contributed by atoms with Crippen LogP contribution in [0.15, 0.2) is 33.7 Å². The minimum atomic E-state index is 1.13. The van der Waals surface area contributed by atoms with E-state index in [9.17, 15) is 0 Å². The average Bonchev–Trinajstić information content (AvgIpc) is 3.02. The molecular weight excluding hydrogens is 246 g/mol. The predicted octanol–water partition coefficient (Wildman–Crippen LogP) is 5.53. The lowest BCUT2D eigenvalue weighted by molar-refractivity contribution is 0.668. The van der Waals surface area contributed by atoms with Crippen LogP contribution < -0.4 is 4.90 Å². The zero-order chi connectivity index (χ0) is 11.9. The lowest BCUT2D eigenvalue weighted by Gasteiger charge is -2.22. The molecule has 3 heteroatoms. The van der Waals surface area contributed by atoms with E-state index in [0.717, 1.165) is 6.54 Å². The van der Waals surface area contributed by atoms with Gasteiger partial charge in [-0.05, 0) is 29.3 Å². The molecule has 0 aromatic carbocycles. The van der Waals surface area contributed by atoms with E-state index in [2.05, 4.69) is 45.5 Å². The number of unbranched alkanes of at least 4 members (excludes halogenated alkanes) is 3. The fourth-order valence-electron chi connectivity index (χ4n) is 1.93. The summed E-state index contributed by atoms with van der Waals surface area (Å²) in [5.41, 5.74) is 2.68. The van der Waals surface area contributed by atoms with Crippen molar-refractivity contribution < 1.29 is 0 Å². The molecule has 0 saturated carbocycles. The fraction of sp³-hybridized carbons (Fsp3) is 0.429. The first-order chi connectivity index (χ1) is 8.42.